The fourth-order valence-electron chi connectivity index (χ4n) is 4.46. The predicted octanol–water partition coefficient (Wildman–Crippen LogP) is 3.41. The summed E-state index contributed by atoms with van der Waals surface area (Å²) in [6.07, 6.45) is 3.09. The van der Waals surface area contributed by atoms with Crippen LogP contribution >= 0.6 is 0 Å². The second-order valence-corrected chi connectivity index (χ2v) is 8.40. The number of ether oxygens (including phenoxy) is 1. The van der Waals surface area contributed by atoms with Crippen molar-refractivity contribution in [2.75, 3.05) is 13.1 Å². The summed E-state index contributed by atoms with van der Waals surface area (Å²) >= 11 is 0. The van der Waals surface area contributed by atoms with Crippen LogP contribution < -0.4 is 4.74 Å². The Kier molecular flexibility index (Phi) is 5.03. The second kappa shape index (κ2) is 7.89. The van der Waals surface area contributed by atoms with Gasteiger partial charge < -0.3 is 14.2 Å². The lowest BCUT2D eigenvalue weighted by atomic mass is 9.86. The molecule has 0 bridgehead atoms. The van der Waals surface area contributed by atoms with Crippen LogP contribution in [0.5, 0.6) is 5.75 Å². The minimum Gasteiger partial charge on any atom is -0.489 e. The first-order chi connectivity index (χ1) is 15.4. The van der Waals surface area contributed by atoms with Gasteiger partial charge >= 0.3 is 0 Å². The summed E-state index contributed by atoms with van der Waals surface area (Å²) in [6.45, 7) is 3.01. The maximum absolute atomic E-state index is 13.4. The minimum absolute atomic E-state index is 0.102. The quantitative estimate of drug-likeness (QED) is 0.623. The molecule has 5 rings (SSSR count). The van der Waals surface area contributed by atoms with Crippen molar-refractivity contribution in [3.8, 4) is 17.1 Å². The number of aromatic nitrogens is 3. The Morgan fingerprint density at radius 3 is 2.69 bits per heavy atom. The van der Waals surface area contributed by atoms with Gasteiger partial charge in [0.05, 0.1) is 17.3 Å². The van der Waals surface area contributed by atoms with E-state index in [0.29, 0.717) is 43.0 Å². The molecule has 0 N–H and O–H groups in total. The number of Topliss-reactive ketones (excluding diaryl/α,β-unsaturated/α-hetero) is 1. The number of piperidine rings is 1. The first-order valence-electron chi connectivity index (χ1n) is 10.6. The molecule has 2 aliphatic rings. The molecule has 32 heavy (non-hydrogen) atoms. The van der Waals surface area contributed by atoms with E-state index < -0.39 is 5.82 Å². The van der Waals surface area contributed by atoms with E-state index in [4.69, 9.17) is 9.26 Å². The number of likely N-dealkylation sites (tertiary alicyclic amines) is 1. The standard InChI is InChI=1S/C23H23FN4O4/c1-13-17(12-25-27(13)2)22-10-18(26-32-22)23(30)28-7-5-14(6-8-28)21-11-19(29)16-9-15(24)3-4-20(16)31-21/h3-4,9-10,12,14,21H,5-8,11H2,1-2H3. The average molecular weight is 438 g/mol. The third-order valence-electron chi connectivity index (χ3n) is 6.49. The molecule has 1 amide bonds. The summed E-state index contributed by atoms with van der Waals surface area (Å²) in [4.78, 5) is 27.1. The molecule has 1 fully saturated rings. The summed E-state index contributed by atoms with van der Waals surface area (Å²) < 4.78 is 26.6. The zero-order valence-electron chi connectivity index (χ0n) is 17.9. The largest absolute Gasteiger partial charge is 0.489 e. The maximum Gasteiger partial charge on any atom is 0.276 e. The first-order valence-corrected chi connectivity index (χ1v) is 10.6. The Morgan fingerprint density at radius 2 is 1.97 bits per heavy atom. The Balaban J connectivity index is 1.23. The highest BCUT2D eigenvalue weighted by atomic mass is 19.1. The third-order valence-corrected chi connectivity index (χ3v) is 6.49. The molecule has 8 nitrogen and oxygen atoms in total. The van der Waals surface area contributed by atoms with E-state index in [2.05, 4.69) is 10.3 Å². The molecule has 1 atom stereocenters. The number of ketones is 1. The van der Waals surface area contributed by atoms with Gasteiger partial charge in [-0.05, 0) is 43.9 Å². The number of halogens is 1. The van der Waals surface area contributed by atoms with E-state index in [0.717, 1.165) is 11.3 Å². The second-order valence-electron chi connectivity index (χ2n) is 8.40. The lowest BCUT2D eigenvalue weighted by Crippen LogP contribution is -2.44. The van der Waals surface area contributed by atoms with Gasteiger partial charge in [-0.15, -0.1) is 0 Å². The summed E-state index contributed by atoms with van der Waals surface area (Å²) in [7, 11) is 1.84. The normalized spacial score (nSPS) is 19.0. The monoisotopic (exact) mass is 438 g/mol. The molecule has 0 spiro atoms. The van der Waals surface area contributed by atoms with Gasteiger partial charge in [0.15, 0.2) is 17.2 Å². The Bertz CT molecular complexity index is 1190. The summed E-state index contributed by atoms with van der Waals surface area (Å²) in [6, 6.07) is 5.69. The minimum atomic E-state index is -0.444. The van der Waals surface area contributed by atoms with Crippen molar-refractivity contribution in [3.63, 3.8) is 0 Å². The van der Waals surface area contributed by atoms with Gasteiger partial charge in [-0.2, -0.15) is 5.10 Å². The van der Waals surface area contributed by atoms with Gasteiger partial charge in [0, 0.05) is 38.3 Å². The van der Waals surface area contributed by atoms with Crippen molar-refractivity contribution in [1.82, 2.24) is 19.8 Å². The van der Waals surface area contributed by atoms with Crippen LogP contribution in [0.4, 0.5) is 4.39 Å². The summed E-state index contributed by atoms with van der Waals surface area (Å²) in [5.74, 6) is 0.370. The van der Waals surface area contributed by atoms with Crippen LogP contribution in [0.1, 0.15) is 45.8 Å². The van der Waals surface area contributed by atoms with E-state index >= 15 is 0 Å². The number of amides is 1. The van der Waals surface area contributed by atoms with Crippen molar-refractivity contribution >= 4 is 11.7 Å². The van der Waals surface area contributed by atoms with Gasteiger partial charge in [0.25, 0.3) is 5.91 Å². The summed E-state index contributed by atoms with van der Waals surface area (Å²) in [5.41, 5.74) is 2.30. The van der Waals surface area contributed by atoms with Crippen LogP contribution in [0.3, 0.4) is 0 Å². The van der Waals surface area contributed by atoms with Crippen LogP contribution in [0.25, 0.3) is 11.3 Å². The maximum atomic E-state index is 13.4. The van der Waals surface area contributed by atoms with E-state index in [9.17, 15) is 14.0 Å². The molecule has 2 aliphatic heterocycles. The molecule has 9 heteroatoms. The molecule has 0 saturated carbocycles. The number of carbonyl (C=O) groups is 2. The van der Waals surface area contributed by atoms with Crippen molar-refractivity contribution < 1.29 is 23.2 Å². The molecule has 1 unspecified atom stereocenters. The molecule has 0 aliphatic carbocycles. The fourth-order valence-corrected chi connectivity index (χ4v) is 4.46. The molecule has 3 aromatic rings. The molecular formula is C23H23FN4O4. The number of rotatable bonds is 3. The van der Waals surface area contributed by atoms with E-state index in [1.807, 2.05) is 14.0 Å². The van der Waals surface area contributed by atoms with Gasteiger partial charge in [0.2, 0.25) is 0 Å². The van der Waals surface area contributed by atoms with Crippen LogP contribution in [0.15, 0.2) is 35.0 Å². The Morgan fingerprint density at radius 1 is 1.19 bits per heavy atom. The molecule has 166 valence electrons. The number of carbonyl (C=O) groups excluding carboxylic acids is 2. The van der Waals surface area contributed by atoms with Crippen LogP contribution in [-0.2, 0) is 7.05 Å². The number of benzene rings is 1. The number of aryl methyl sites for hydroxylation is 1. The molecule has 0 radical (unpaired) electrons. The highest BCUT2D eigenvalue weighted by molar-refractivity contribution is 6.00. The summed E-state index contributed by atoms with van der Waals surface area (Å²) in [5, 5.41) is 8.16. The average Bonchev–Trinajstić information content (AvgIpc) is 3.41. The fraction of sp³-hybridized carbons (Fsp3) is 0.391. The highest BCUT2D eigenvalue weighted by Crippen LogP contribution is 2.34. The number of fused-ring (bicyclic) bond motifs is 1. The van der Waals surface area contributed by atoms with Crippen molar-refractivity contribution in [2.24, 2.45) is 13.0 Å². The molecule has 1 aromatic carbocycles. The van der Waals surface area contributed by atoms with Crippen molar-refractivity contribution in [1.29, 1.82) is 0 Å². The molecular weight excluding hydrogens is 415 g/mol. The number of nitrogens with zero attached hydrogens (tertiary/aromatic N) is 4. The van der Waals surface area contributed by atoms with Gasteiger partial charge in [-0.1, -0.05) is 5.16 Å². The SMILES string of the molecule is Cc1c(-c2cc(C(=O)N3CCC(C4CC(=O)c5cc(F)ccc5O4)CC3)no2)cnn1C. The number of hydrogen-bond donors (Lipinski definition) is 0. The van der Waals surface area contributed by atoms with E-state index in [1.54, 1.807) is 21.8 Å². The van der Waals surface area contributed by atoms with E-state index in [-0.39, 0.29) is 35.8 Å². The highest BCUT2D eigenvalue weighted by Gasteiger charge is 2.36. The van der Waals surface area contributed by atoms with Gasteiger partial charge in [-0.25, -0.2) is 4.39 Å². The molecule has 2 aromatic heterocycles. The van der Waals surface area contributed by atoms with Crippen molar-refractivity contribution in [3.05, 3.63) is 53.2 Å². The predicted molar refractivity (Wildman–Crippen MR) is 112 cm³/mol. The van der Waals surface area contributed by atoms with Gasteiger partial charge in [-0.3, -0.25) is 14.3 Å². The zero-order chi connectivity index (χ0) is 22.4. The zero-order valence-corrected chi connectivity index (χ0v) is 17.9. The molecule has 4 heterocycles. The smallest absolute Gasteiger partial charge is 0.276 e. The lowest BCUT2D eigenvalue weighted by Gasteiger charge is -2.37. The Hall–Kier alpha value is -3.49. The Labute approximate surface area is 183 Å². The first kappa shape index (κ1) is 20.4. The van der Waals surface area contributed by atoms with Gasteiger partial charge in [0.1, 0.15) is 17.7 Å². The van der Waals surface area contributed by atoms with Crippen LogP contribution in [0.2, 0.25) is 0 Å². The molecule has 1 saturated heterocycles. The van der Waals surface area contributed by atoms with E-state index in [1.165, 1.54) is 18.2 Å². The van der Waals surface area contributed by atoms with Crippen molar-refractivity contribution in [2.45, 2.75) is 32.3 Å². The topological polar surface area (TPSA) is 90.5 Å². The van der Waals surface area contributed by atoms with Crippen LogP contribution in [0, 0.1) is 18.7 Å². The number of hydrogen-bond acceptors (Lipinski definition) is 6. The van der Waals surface area contributed by atoms with Crippen LogP contribution in [-0.4, -0.2) is 50.7 Å². The third kappa shape index (κ3) is 3.57. The lowest BCUT2D eigenvalue weighted by molar-refractivity contribution is 0.0446.